The fourth-order valence-corrected chi connectivity index (χ4v) is 8.19. The van der Waals surface area contributed by atoms with Crippen molar-refractivity contribution in [3.63, 3.8) is 0 Å². The third-order valence-corrected chi connectivity index (χ3v) is 11.4. The molecule has 238 valence electrons. The number of β-lactam (4-membered cyclic amide) rings is 1. The Morgan fingerprint density at radius 2 is 1.67 bits per heavy atom. The smallest absolute Gasteiger partial charge is 0.327 e. The molecule has 5 N–H and O–H groups in total. The summed E-state index contributed by atoms with van der Waals surface area (Å²) in [4.78, 5) is 58.1. The molecular weight excluding hydrogens is 622 g/mol. The lowest BCUT2D eigenvalue weighted by atomic mass is 9.94. The van der Waals surface area contributed by atoms with Crippen LogP contribution in [-0.4, -0.2) is 91.8 Å². The average molecular weight is 656 g/mol. The van der Waals surface area contributed by atoms with Crippen LogP contribution in [0, 0.1) is 0 Å². The van der Waals surface area contributed by atoms with Crippen molar-refractivity contribution in [2.45, 2.75) is 53.5 Å². The third kappa shape index (κ3) is 5.72. The Bertz CT molecular complexity index is 1820. The summed E-state index contributed by atoms with van der Waals surface area (Å²) in [7, 11) is -0.783. The van der Waals surface area contributed by atoms with Gasteiger partial charge in [-0.05, 0) is 61.4 Å². The number of aromatic nitrogens is 1. The van der Waals surface area contributed by atoms with Crippen LogP contribution in [0.5, 0.6) is 5.75 Å². The molecular formula is C30H33N5O8S2. The molecule has 2 amide bonds. The Morgan fingerprint density at radius 3 is 2.22 bits per heavy atom. The van der Waals surface area contributed by atoms with Gasteiger partial charge in [0.25, 0.3) is 5.56 Å². The van der Waals surface area contributed by atoms with Gasteiger partial charge in [-0.1, -0.05) is 24.3 Å². The van der Waals surface area contributed by atoms with E-state index in [4.69, 9.17) is 5.73 Å². The molecule has 1 aromatic heterocycles. The number of aliphatic carboxylic acids is 1. The van der Waals surface area contributed by atoms with Gasteiger partial charge in [-0.15, -0.1) is 11.8 Å². The molecule has 3 aromatic rings. The first-order valence-electron chi connectivity index (χ1n) is 13.9. The molecule has 45 heavy (non-hydrogen) atoms. The molecule has 15 heteroatoms. The second-order valence-electron chi connectivity index (χ2n) is 11.6. The summed E-state index contributed by atoms with van der Waals surface area (Å²) in [5.74, 6) is -2.39. The molecule has 0 spiro atoms. The van der Waals surface area contributed by atoms with E-state index in [0.717, 1.165) is 4.31 Å². The molecule has 1 unspecified atom stereocenters. The Balaban J connectivity index is 1.47. The number of benzene rings is 2. The Kier molecular flexibility index (Phi) is 8.33. The van der Waals surface area contributed by atoms with Gasteiger partial charge in [0.05, 0.1) is 11.4 Å². The number of fused-ring (bicyclic) bond motifs is 1. The summed E-state index contributed by atoms with van der Waals surface area (Å²) in [6, 6.07) is 11.4. The number of rotatable bonds is 9. The number of carboxylic acid groups (broad SMARTS) is 1. The van der Waals surface area contributed by atoms with Gasteiger partial charge < -0.3 is 30.7 Å². The maximum atomic E-state index is 13.9. The number of thioether (sulfide) groups is 1. The van der Waals surface area contributed by atoms with Crippen molar-refractivity contribution in [3.05, 3.63) is 82.1 Å². The molecule has 2 aromatic carbocycles. The number of phenols is 1. The number of carbonyl (C=O) groups is 3. The van der Waals surface area contributed by atoms with E-state index in [1.165, 1.54) is 78.1 Å². The van der Waals surface area contributed by atoms with Crippen LogP contribution < -0.4 is 11.3 Å². The molecule has 4 atom stereocenters. The Morgan fingerprint density at radius 1 is 1.04 bits per heavy atom. The Hall–Kier alpha value is -4.18. The van der Waals surface area contributed by atoms with Crippen LogP contribution in [0.2, 0.25) is 0 Å². The minimum absolute atomic E-state index is 0.0232. The van der Waals surface area contributed by atoms with Gasteiger partial charge in [0.1, 0.15) is 29.2 Å². The molecule has 0 radical (unpaired) electrons. The van der Waals surface area contributed by atoms with Gasteiger partial charge in [0.2, 0.25) is 21.8 Å². The molecule has 5 rings (SSSR count). The minimum atomic E-state index is -3.64. The number of aromatic hydroxyl groups is 1. The lowest BCUT2D eigenvalue weighted by Gasteiger charge is -2.48. The molecule has 2 aliphatic rings. The van der Waals surface area contributed by atoms with Crippen molar-refractivity contribution in [1.82, 2.24) is 19.1 Å². The molecule has 2 aliphatic heterocycles. The van der Waals surface area contributed by atoms with E-state index in [1.807, 2.05) is 0 Å². The number of phenolic OH excluding ortho intramolecular Hbond substituents is 1. The highest BCUT2D eigenvalue weighted by Crippen LogP contribution is 2.52. The number of carboxylic acids is 1. The minimum Gasteiger partial charge on any atom is -0.508 e. The van der Waals surface area contributed by atoms with E-state index in [0.29, 0.717) is 16.8 Å². The zero-order chi connectivity index (χ0) is 33.0. The van der Waals surface area contributed by atoms with E-state index in [2.05, 4.69) is 4.98 Å². The van der Waals surface area contributed by atoms with Crippen LogP contribution in [0.15, 0.2) is 70.4 Å². The van der Waals surface area contributed by atoms with Gasteiger partial charge in [-0.3, -0.25) is 14.4 Å². The molecule has 2 fully saturated rings. The fourth-order valence-electron chi connectivity index (χ4n) is 5.59. The summed E-state index contributed by atoms with van der Waals surface area (Å²) in [6.45, 7) is 3.15. The monoisotopic (exact) mass is 655 g/mol. The topological polar surface area (TPSA) is 194 Å². The maximum Gasteiger partial charge on any atom is 0.327 e. The SMILES string of the molecule is CN(C)S(=O)(=O)c1ccc(-c2ccc(CN(C(=O)C(N)c3ccc(O)cc3)[C@@H]3C(=O)N4[C@@H]3SC(C)(C)[C@@H]4C(=O)O)c(=O)[nH]2)cc1. The van der Waals surface area contributed by atoms with Crippen molar-refractivity contribution in [1.29, 1.82) is 0 Å². The number of nitrogens with one attached hydrogen (secondary N) is 1. The molecule has 13 nitrogen and oxygen atoms in total. The molecule has 0 saturated carbocycles. The largest absolute Gasteiger partial charge is 0.508 e. The maximum absolute atomic E-state index is 13.9. The number of nitrogens with two attached hydrogens (primary N) is 1. The third-order valence-electron chi connectivity index (χ3n) is 8.06. The number of amides is 2. The van der Waals surface area contributed by atoms with Crippen molar-refractivity contribution in [2.75, 3.05) is 14.1 Å². The molecule has 0 aliphatic carbocycles. The Labute approximate surface area is 263 Å². The zero-order valence-electron chi connectivity index (χ0n) is 24.9. The van der Waals surface area contributed by atoms with Crippen LogP contribution in [0.1, 0.15) is 31.0 Å². The number of aromatic amines is 1. The molecule has 3 heterocycles. The fraction of sp³-hybridized carbons (Fsp3) is 0.333. The number of carbonyl (C=O) groups excluding carboxylic acids is 2. The molecule has 0 bridgehead atoms. The van der Waals surface area contributed by atoms with E-state index in [1.54, 1.807) is 32.0 Å². The summed E-state index contributed by atoms with van der Waals surface area (Å²) in [5, 5.41) is 18.9. The van der Waals surface area contributed by atoms with E-state index >= 15 is 0 Å². The zero-order valence-corrected chi connectivity index (χ0v) is 26.5. The predicted molar refractivity (Wildman–Crippen MR) is 166 cm³/mol. The van der Waals surface area contributed by atoms with Crippen LogP contribution in [-0.2, 0) is 31.0 Å². The number of nitrogens with zero attached hydrogens (tertiary/aromatic N) is 3. The highest BCUT2D eigenvalue weighted by Gasteiger charge is 2.66. The first kappa shape index (κ1) is 32.2. The number of pyridine rings is 1. The van der Waals surface area contributed by atoms with Crippen molar-refractivity contribution in [2.24, 2.45) is 5.73 Å². The summed E-state index contributed by atoms with van der Waals surface area (Å²) in [5.41, 5.74) is 7.28. The van der Waals surface area contributed by atoms with Gasteiger partial charge in [-0.2, -0.15) is 0 Å². The van der Waals surface area contributed by atoms with Crippen LogP contribution >= 0.6 is 11.8 Å². The van der Waals surface area contributed by atoms with E-state index in [-0.39, 0.29) is 22.8 Å². The second kappa shape index (κ2) is 11.6. The summed E-state index contributed by atoms with van der Waals surface area (Å²) in [6.07, 6.45) is 0. The lowest BCUT2D eigenvalue weighted by molar-refractivity contribution is -0.169. The standard InChI is InChI=1S/C30H33N5O8S2/c1-30(2)24(29(40)41)35-27(39)23(28(35)44-30)34(26(38)22(31)17-5-10-19(36)11-6-17)15-18-9-14-21(32-25(18)37)16-7-12-20(13-8-16)45(42,43)33(3)4/h5-14,22-24,28,36H,15,31H2,1-4H3,(H,32,37)(H,40,41)/t22?,23-,24+,28-/m1/s1. The predicted octanol–water partition coefficient (Wildman–Crippen LogP) is 1.54. The van der Waals surface area contributed by atoms with E-state index < -0.39 is 61.6 Å². The van der Waals surface area contributed by atoms with Crippen LogP contribution in [0.25, 0.3) is 11.3 Å². The van der Waals surface area contributed by atoms with E-state index in [9.17, 15) is 37.8 Å². The van der Waals surface area contributed by atoms with Crippen molar-refractivity contribution < 1.29 is 33.0 Å². The average Bonchev–Trinajstić information content (AvgIpc) is 3.24. The van der Waals surface area contributed by atoms with Crippen LogP contribution in [0.3, 0.4) is 0 Å². The number of hydrogen-bond acceptors (Lipinski definition) is 9. The highest BCUT2D eigenvalue weighted by molar-refractivity contribution is 8.01. The number of sulfonamides is 1. The van der Waals surface area contributed by atoms with Gasteiger partial charge in [0, 0.05) is 30.1 Å². The van der Waals surface area contributed by atoms with Gasteiger partial charge >= 0.3 is 5.97 Å². The summed E-state index contributed by atoms with van der Waals surface area (Å²) >= 11 is 1.26. The van der Waals surface area contributed by atoms with Gasteiger partial charge in [-0.25, -0.2) is 17.5 Å². The quantitative estimate of drug-likeness (QED) is 0.246. The number of hydrogen-bond donors (Lipinski definition) is 4. The normalized spacial score (nSPS) is 21.2. The number of H-pyrrole nitrogens is 1. The van der Waals surface area contributed by atoms with Crippen LogP contribution in [0.4, 0.5) is 0 Å². The summed E-state index contributed by atoms with van der Waals surface area (Å²) < 4.78 is 25.1. The lowest BCUT2D eigenvalue weighted by Crippen LogP contribution is -2.71. The highest BCUT2D eigenvalue weighted by atomic mass is 32.2. The van der Waals surface area contributed by atoms with Crippen molar-refractivity contribution in [3.8, 4) is 17.0 Å². The van der Waals surface area contributed by atoms with Crippen molar-refractivity contribution >= 4 is 39.6 Å². The first-order chi connectivity index (χ1) is 21.0. The second-order valence-corrected chi connectivity index (χ2v) is 15.5. The molecule has 2 saturated heterocycles. The van der Waals surface area contributed by atoms with Gasteiger partial charge in [0.15, 0.2) is 0 Å². The first-order valence-corrected chi connectivity index (χ1v) is 16.2.